The zero-order chi connectivity index (χ0) is 42.4. The highest BCUT2D eigenvalue weighted by Crippen LogP contribution is 2.43. The monoisotopic (exact) mass is 822 g/mol. The summed E-state index contributed by atoms with van der Waals surface area (Å²) >= 11 is 0. The molecule has 4 heteroatoms. The third-order valence-electron chi connectivity index (χ3n) is 13.0. The number of hydrogen-bond donors (Lipinski definition) is 0. The number of nitrogens with zero attached hydrogens (tertiary/aromatic N) is 4. The van der Waals surface area contributed by atoms with E-state index in [4.69, 9.17) is 0 Å². The minimum absolute atomic E-state index is 1.03. The number of rotatable bonds is 9. The molecule has 2 aromatic heterocycles. The number of anilines is 6. The van der Waals surface area contributed by atoms with Gasteiger partial charge in [-0.2, -0.15) is 0 Å². The van der Waals surface area contributed by atoms with Gasteiger partial charge >= 0.3 is 0 Å². The highest BCUT2D eigenvalue weighted by Gasteiger charge is 2.20. The Bertz CT molecular complexity index is 3470. The summed E-state index contributed by atoms with van der Waals surface area (Å²) in [5.41, 5.74) is 16.6. The Morgan fingerprint density at radius 3 is 1.34 bits per heavy atom. The lowest BCUT2D eigenvalue weighted by Crippen LogP contribution is -2.10. The molecule has 0 saturated carbocycles. The van der Waals surface area contributed by atoms with Gasteiger partial charge in [-0.25, -0.2) is 0 Å². The van der Waals surface area contributed by atoms with Gasteiger partial charge < -0.3 is 18.9 Å². The summed E-state index contributed by atoms with van der Waals surface area (Å²) in [5, 5.41) is 5.03. The van der Waals surface area contributed by atoms with Gasteiger partial charge in [-0.3, -0.25) is 0 Å². The highest BCUT2D eigenvalue weighted by molar-refractivity contribution is 6.13. The van der Waals surface area contributed by atoms with Crippen LogP contribution in [0, 0.1) is 0 Å². The predicted octanol–water partition coefficient (Wildman–Crippen LogP) is 16.9. The van der Waals surface area contributed by atoms with E-state index in [0.29, 0.717) is 0 Å². The molecule has 8 aromatic carbocycles. The van der Waals surface area contributed by atoms with Gasteiger partial charge in [-0.05, 0) is 146 Å². The number of hydrogen-bond acceptors (Lipinski definition) is 2. The summed E-state index contributed by atoms with van der Waals surface area (Å²) in [4.78, 5) is 4.74. The van der Waals surface area contributed by atoms with Crippen molar-refractivity contribution in [1.82, 2.24) is 9.13 Å². The highest BCUT2D eigenvalue weighted by atomic mass is 15.1. The van der Waals surface area contributed by atoms with Crippen LogP contribution in [-0.2, 0) is 0 Å². The fraction of sp³-hybridized carbons (Fsp3) is 0.0667. The van der Waals surface area contributed by atoms with Gasteiger partial charge in [0.2, 0.25) is 0 Å². The number of allylic oxidation sites excluding steroid dienone is 8. The quantitative estimate of drug-likeness (QED) is 0.144. The van der Waals surface area contributed by atoms with E-state index < -0.39 is 0 Å². The zero-order valence-corrected chi connectivity index (χ0v) is 35.6. The third kappa shape index (κ3) is 6.54. The van der Waals surface area contributed by atoms with Crippen LogP contribution in [0.1, 0.15) is 25.7 Å². The summed E-state index contributed by atoms with van der Waals surface area (Å²) in [6.45, 7) is 0. The van der Waals surface area contributed by atoms with Gasteiger partial charge in [0.15, 0.2) is 0 Å². The van der Waals surface area contributed by atoms with Gasteiger partial charge in [0.1, 0.15) is 0 Å². The van der Waals surface area contributed by atoms with Gasteiger partial charge in [-0.1, -0.05) is 121 Å². The first-order valence-electron chi connectivity index (χ1n) is 22.5. The topological polar surface area (TPSA) is 16.3 Å². The summed E-state index contributed by atoms with van der Waals surface area (Å²) in [6.07, 6.45) is 17.9. The van der Waals surface area contributed by atoms with Crippen molar-refractivity contribution < 1.29 is 0 Å². The molecular formula is C60H46N4. The zero-order valence-electron chi connectivity index (χ0n) is 35.6. The van der Waals surface area contributed by atoms with Crippen LogP contribution in [0.4, 0.5) is 34.1 Å². The van der Waals surface area contributed by atoms with Crippen LogP contribution in [0.5, 0.6) is 0 Å². The Morgan fingerprint density at radius 2 is 0.828 bits per heavy atom. The van der Waals surface area contributed by atoms with Crippen LogP contribution in [0.2, 0.25) is 0 Å². The van der Waals surface area contributed by atoms with Crippen molar-refractivity contribution in [2.75, 3.05) is 9.80 Å². The molecule has 2 aliphatic rings. The number of para-hydroxylation sites is 4. The molecule has 0 saturated heterocycles. The molecule has 0 spiro atoms. The fourth-order valence-electron chi connectivity index (χ4n) is 9.98. The van der Waals surface area contributed by atoms with E-state index in [-0.39, 0.29) is 0 Å². The van der Waals surface area contributed by atoms with Crippen LogP contribution in [-0.4, -0.2) is 9.13 Å². The van der Waals surface area contributed by atoms with Crippen molar-refractivity contribution >= 4 is 89.1 Å². The SMILES string of the molecule is C1=CCCC(n2c3ccccc3c3cc(N(c4ccccc4)c4ccc(-c5ccc(N(c6ccccc6)c6ccc7c(c6)c6ccccc6n7C6=CCCC=C6)cc5)cc4)ccc32)=C1. The lowest BCUT2D eigenvalue weighted by Gasteiger charge is -2.26. The molecule has 0 N–H and O–H groups in total. The third-order valence-corrected chi connectivity index (χ3v) is 13.0. The second-order valence-electron chi connectivity index (χ2n) is 16.8. The van der Waals surface area contributed by atoms with Gasteiger partial charge in [-0.15, -0.1) is 0 Å². The van der Waals surface area contributed by atoms with Gasteiger partial charge in [0.25, 0.3) is 0 Å². The van der Waals surface area contributed by atoms with E-state index in [1.807, 2.05) is 0 Å². The van der Waals surface area contributed by atoms with E-state index in [1.54, 1.807) is 0 Å². The molecule has 2 aliphatic carbocycles. The van der Waals surface area contributed by atoms with E-state index in [1.165, 1.54) is 66.1 Å². The van der Waals surface area contributed by atoms with E-state index in [0.717, 1.165) is 59.8 Å². The maximum absolute atomic E-state index is 2.45. The van der Waals surface area contributed by atoms with E-state index in [9.17, 15) is 0 Å². The predicted molar refractivity (Wildman–Crippen MR) is 273 cm³/mol. The van der Waals surface area contributed by atoms with Crippen LogP contribution < -0.4 is 9.80 Å². The van der Waals surface area contributed by atoms with Crippen LogP contribution in [0.25, 0.3) is 66.1 Å². The lowest BCUT2D eigenvalue weighted by molar-refractivity contribution is 0.979. The van der Waals surface area contributed by atoms with E-state index in [2.05, 4.69) is 250 Å². The molecule has 0 atom stereocenters. The molecule has 2 heterocycles. The first-order chi connectivity index (χ1) is 31.8. The Morgan fingerprint density at radius 1 is 0.359 bits per heavy atom. The second-order valence-corrected chi connectivity index (χ2v) is 16.8. The Hall–Kier alpha value is -8.08. The number of fused-ring (bicyclic) bond motifs is 6. The summed E-state index contributed by atoms with van der Waals surface area (Å²) in [6, 6.07) is 70.9. The second kappa shape index (κ2) is 16.0. The summed E-state index contributed by atoms with van der Waals surface area (Å²) < 4.78 is 4.87. The molecule has 64 heavy (non-hydrogen) atoms. The molecular weight excluding hydrogens is 777 g/mol. The van der Waals surface area contributed by atoms with Crippen molar-refractivity contribution in [1.29, 1.82) is 0 Å². The molecule has 0 amide bonds. The molecule has 0 fully saturated rings. The maximum Gasteiger partial charge on any atom is 0.0542 e. The van der Waals surface area contributed by atoms with E-state index >= 15 is 0 Å². The molecule has 0 aliphatic heterocycles. The molecule has 306 valence electrons. The maximum atomic E-state index is 2.45. The number of aromatic nitrogens is 2. The van der Waals surface area contributed by atoms with Crippen LogP contribution >= 0.6 is 0 Å². The first-order valence-corrected chi connectivity index (χ1v) is 22.5. The first kappa shape index (κ1) is 37.7. The number of benzene rings is 8. The Labute approximate surface area is 373 Å². The fourth-order valence-corrected chi connectivity index (χ4v) is 9.98. The molecule has 4 nitrogen and oxygen atoms in total. The van der Waals surface area contributed by atoms with Crippen molar-refractivity contribution in [2.45, 2.75) is 25.7 Å². The molecule has 0 unspecified atom stereocenters. The van der Waals surface area contributed by atoms with Crippen LogP contribution in [0.3, 0.4) is 0 Å². The lowest BCUT2D eigenvalue weighted by atomic mass is 10.0. The van der Waals surface area contributed by atoms with Crippen molar-refractivity contribution in [2.24, 2.45) is 0 Å². The van der Waals surface area contributed by atoms with Gasteiger partial charge in [0, 0.05) is 67.1 Å². The minimum Gasteiger partial charge on any atom is -0.313 e. The molecule has 10 aromatic rings. The van der Waals surface area contributed by atoms with Crippen molar-refractivity contribution in [3.8, 4) is 11.1 Å². The average Bonchev–Trinajstić information content (AvgIpc) is 3.88. The van der Waals surface area contributed by atoms with Crippen molar-refractivity contribution in [3.05, 3.63) is 231 Å². The summed E-state index contributed by atoms with van der Waals surface area (Å²) in [7, 11) is 0. The standard InChI is InChI=1S/C60H46N4/c1-5-17-45(18-6-1)61(51-37-39-59-55(41-51)53-25-13-15-27-57(53)63(59)47-21-9-3-10-22-47)49-33-29-43(30-34-49)44-31-35-50(36-32-44)62(46-19-7-2-8-20-46)52-38-40-60-56(42-52)54-26-14-16-28-58(54)64(60)48-23-11-4-12-24-48/h1-3,5-9,11,13-21,23-42H,4,10,12,22H2. The summed E-state index contributed by atoms with van der Waals surface area (Å²) in [5.74, 6) is 0. The molecule has 12 rings (SSSR count). The largest absolute Gasteiger partial charge is 0.313 e. The van der Waals surface area contributed by atoms with Gasteiger partial charge in [0.05, 0.1) is 22.1 Å². The minimum atomic E-state index is 1.03. The normalized spacial score (nSPS) is 13.8. The van der Waals surface area contributed by atoms with Crippen LogP contribution in [0.15, 0.2) is 231 Å². The average molecular weight is 823 g/mol. The molecule has 0 radical (unpaired) electrons. The molecule has 0 bridgehead atoms. The Kier molecular flexibility index (Phi) is 9.41. The van der Waals surface area contributed by atoms with Crippen molar-refractivity contribution in [3.63, 3.8) is 0 Å². The Balaban J connectivity index is 0.897. The smallest absolute Gasteiger partial charge is 0.0542 e.